The molecule has 0 atom stereocenters. The lowest BCUT2D eigenvalue weighted by Gasteiger charge is -2.18. The Balaban J connectivity index is 1.90. The Kier molecular flexibility index (Phi) is 7.32. The van der Waals surface area contributed by atoms with Crippen molar-refractivity contribution in [1.29, 1.82) is 0 Å². The quantitative estimate of drug-likeness (QED) is 0.681. The molecule has 2 rings (SSSR count). The van der Waals surface area contributed by atoms with Gasteiger partial charge in [0.25, 0.3) is 5.91 Å². The molecule has 0 saturated heterocycles. The van der Waals surface area contributed by atoms with Crippen molar-refractivity contribution in [2.75, 3.05) is 25.0 Å². The van der Waals surface area contributed by atoms with Crippen LogP contribution in [-0.4, -0.2) is 39.4 Å². The Morgan fingerprint density at radius 3 is 2.56 bits per heavy atom. The fraction of sp³-hybridized carbons (Fsp3) is 0.368. The zero-order valence-corrected chi connectivity index (χ0v) is 16.5. The fourth-order valence-corrected chi connectivity index (χ4v) is 3.06. The summed E-state index contributed by atoms with van der Waals surface area (Å²) in [6, 6.07) is 9.79. The van der Waals surface area contributed by atoms with Crippen molar-refractivity contribution in [3.63, 3.8) is 0 Å². The van der Waals surface area contributed by atoms with E-state index in [1.807, 2.05) is 11.9 Å². The molecule has 0 radical (unpaired) electrons. The highest BCUT2D eigenvalue weighted by Gasteiger charge is 2.10. The average Bonchev–Trinajstić information content (AvgIpc) is 2.65. The van der Waals surface area contributed by atoms with E-state index in [4.69, 9.17) is 5.14 Å². The van der Waals surface area contributed by atoms with Gasteiger partial charge in [0.05, 0.1) is 4.90 Å². The summed E-state index contributed by atoms with van der Waals surface area (Å²) in [6.07, 6.45) is 4.39. The molecular weight excluding hydrogens is 364 g/mol. The van der Waals surface area contributed by atoms with E-state index in [1.165, 1.54) is 12.1 Å². The predicted octanol–water partition coefficient (Wildman–Crippen LogP) is 1.94. The van der Waals surface area contributed by atoms with E-state index >= 15 is 0 Å². The Bertz CT molecular complexity index is 867. The summed E-state index contributed by atoms with van der Waals surface area (Å²) in [5, 5.41) is 7.95. The third-order valence-corrected chi connectivity index (χ3v) is 5.13. The van der Waals surface area contributed by atoms with E-state index in [2.05, 4.69) is 17.2 Å². The van der Waals surface area contributed by atoms with Crippen LogP contribution in [0.15, 0.2) is 47.5 Å². The number of anilines is 1. The average molecular weight is 391 g/mol. The van der Waals surface area contributed by atoms with Crippen molar-refractivity contribution < 1.29 is 13.2 Å². The van der Waals surface area contributed by atoms with Crippen LogP contribution in [0.5, 0.6) is 0 Å². The molecule has 146 valence electrons. The van der Waals surface area contributed by atoms with E-state index < -0.39 is 10.0 Å². The number of amides is 1. The van der Waals surface area contributed by atoms with Crippen LogP contribution in [0.3, 0.4) is 0 Å². The number of aromatic nitrogens is 1. The van der Waals surface area contributed by atoms with Crippen molar-refractivity contribution in [3.8, 4) is 0 Å². The minimum Gasteiger partial charge on any atom is -0.360 e. The molecule has 0 aliphatic rings. The molecule has 0 fully saturated rings. The summed E-state index contributed by atoms with van der Waals surface area (Å²) in [5.74, 6) is 0.610. The maximum Gasteiger partial charge on any atom is 0.251 e. The van der Waals surface area contributed by atoms with E-state index in [-0.39, 0.29) is 10.8 Å². The molecule has 0 aliphatic heterocycles. The molecule has 8 heteroatoms. The van der Waals surface area contributed by atoms with Gasteiger partial charge in [0.15, 0.2) is 0 Å². The highest BCUT2D eigenvalue weighted by atomic mass is 32.2. The molecule has 1 heterocycles. The number of pyridine rings is 1. The summed E-state index contributed by atoms with van der Waals surface area (Å²) in [7, 11) is -1.72. The first-order valence-electron chi connectivity index (χ1n) is 8.88. The van der Waals surface area contributed by atoms with Gasteiger partial charge in [-0.25, -0.2) is 18.5 Å². The van der Waals surface area contributed by atoms with Gasteiger partial charge < -0.3 is 10.2 Å². The second kappa shape index (κ2) is 9.48. The van der Waals surface area contributed by atoms with Crippen molar-refractivity contribution in [2.24, 2.45) is 5.14 Å². The second-order valence-corrected chi connectivity index (χ2v) is 7.93. The summed E-state index contributed by atoms with van der Waals surface area (Å²) in [6.45, 7) is 3.47. The maximum atomic E-state index is 12.4. The summed E-state index contributed by atoms with van der Waals surface area (Å²) >= 11 is 0. The Hall–Kier alpha value is -2.45. The van der Waals surface area contributed by atoms with E-state index in [1.54, 1.807) is 30.5 Å². The summed E-state index contributed by atoms with van der Waals surface area (Å²) in [4.78, 5) is 18.8. The summed E-state index contributed by atoms with van der Waals surface area (Å²) < 4.78 is 22.5. The minimum absolute atomic E-state index is 0.0757. The zero-order chi connectivity index (χ0) is 19.9. The number of nitrogens with one attached hydrogen (secondary N) is 1. The third-order valence-electron chi connectivity index (χ3n) is 4.20. The van der Waals surface area contributed by atoms with Gasteiger partial charge in [0.2, 0.25) is 10.0 Å². The largest absolute Gasteiger partial charge is 0.360 e. The van der Waals surface area contributed by atoms with Crippen LogP contribution in [0.4, 0.5) is 5.82 Å². The number of rotatable bonds is 9. The molecular formula is C19H26N4O3S. The number of nitrogens with zero attached hydrogens (tertiary/aromatic N) is 2. The van der Waals surface area contributed by atoms with Crippen LogP contribution >= 0.6 is 0 Å². The lowest BCUT2D eigenvalue weighted by Crippen LogP contribution is -2.26. The molecule has 2 aromatic rings. The van der Waals surface area contributed by atoms with Crippen LogP contribution in [0.1, 0.15) is 35.7 Å². The van der Waals surface area contributed by atoms with Crippen LogP contribution < -0.4 is 15.4 Å². The van der Waals surface area contributed by atoms with Crippen molar-refractivity contribution in [3.05, 3.63) is 53.7 Å². The van der Waals surface area contributed by atoms with E-state index in [0.29, 0.717) is 18.5 Å². The molecule has 1 aromatic heterocycles. The highest BCUT2D eigenvalue weighted by molar-refractivity contribution is 7.89. The molecule has 3 N–H and O–H groups in total. The lowest BCUT2D eigenvalue weighted by atomic mass is 10.1. The number of sulfonamides is 1. The van der Waals surface area contributed by atoms with Gasteiger partial charge in [-0.2, -0.15) is 0 Å². The van der Waals surface area contributed by atoms with Gasteiger partial charge in [0, 0.05) is 31.9 Å². The molecule has 0 bridgehead atoms. The monoisotopic (exact) mass is 390 g/mol. The Morgan fingerprint density at radius 2 is 1.93 bits per heavy atom. The minimum atomic E-state index is -3.69. The number of carbonyl (C=O) groups excluding carboxylic acids is 1. The SMILES string of the molecule is CCCCN(C)c1cc(C(=O)NCCc2ccc(S(N)(=O)=O)cc2)ccn1. The molecule has 7 nitrogen and oxygen atoms in total. The highest BCUT2D eigenvalue weighted by Crippen LogP contribution is 2.12. The molecule has 0 aliphatic carbocycles. The van der Waals surface area contributed by atoms with Gasteiger partial charge in [-0.05, 0) is 42.7 Å². The number of hydrogen-bond acceptors (Lipinski definition) is 5. The first-order valence-corrected chi connectivity index (χ1v) is 10.4. The predicted molar refractivity (Wildman–Crippen MR) is 106 cm³/mol. The second-order valence-electron chi connectivity index (χ2n) is 6.37. The van der Waals surface area contributed by atoms with Crippen LogP contribution in [-0.2, 0) is 16.4 Å². The van der Waals surface area contributed by atoms with E-state index in [0.717, 1.165) is 30.8 Å². The first kappa shape index (κ1) is 20.9. The standard InChI is InChI=1S/C19H26N4O3S/c1-3-4-13-23(2)18-14-16(10-12-21-18)19(24)22-11-9-15-5-7-17(8-6-15)27(20,25)26/h5-8,10,12,14H,3-4,9,11,13H2,1-2H3,(H,22,24)(H2,20,25,26). The lowest BCUT2D eigenvalue weighted by molar-refractivity contribution is 0.0954. The molecule has 1 amide bonds. The van der Waals surface area contributed by atoms with Gasteiger partial charge in [-0.3, -0.25) is 4.79 Å². The molecule has 0 spiro atoms. The van der Waals surface area contributed by atoms with Crippen LogP contribution in [0.25, 0.3) is 0 Å². The number of hydrogen-bond donors (Lipinski definition) is 2. The number of nitrogens with two attached hydrogens (primary N) is 1. The van der Waals surface area contributed by atoms with E-state index in [9.17, 15) is 13.2 Å². The van der Waals surface area contributed by atoms with Crippen molar-refractivity contribution in [2.45, 2.75) is 31.1 Å². The Morgan fingerprint density at radius 1 is 1.22 bits per heavy atom. The number of benzene rings is 1. The molecule has 27 heavy (non-hydrogen) atoms. The fourth-order valence-electron chi connectivity index (χ4n) is 2.55. The zero-order valence-electron chi connectivity index (χ0n) is 15.7. The van der Waals surface area contributed by atoms with Gasteiger partial charge >= 0.3 is 0 Å². The smallest absolute Gasteiger partial charge is 0.251 e. The summed E-state index contributed by atoms with van der Waals surface area (Å²) in [5.41, 5.74) is 1.48. The normalized spacial score (nSPS) is 11.2. The number of carbonyl (C=O) groups is 1. The number of unbranched alkanes of at least 4 members (excludes halogenated alkanes) is 1. The topological polar surface area (TPSA) is 105 Å². The first-order chi connectivity index (χ1) is 12.8. The molecule has 0 saturated carbocycles. The number of primary sulfonamides is 1. The van der Waals surface area contributed by atoms with Gasteiger partial charge in [-0.1, -0.05) is 25.5 Å². The van der Waals surface area contributed by atoms with Crippen molar-refractivity contribution >= 4 is 21.7 Å². The van der Waals surface area contributed by atoms with Gasteiger partial charge in [0.1, 0.15) is 5.82 Å². The molecule has 0 unspecified atom stereocenters. The maximum absolute atomic E-state index is 12.4. The molecule has 1 aromatic carbocycles. The van der Waals surface area contributed by atoms with Crippen molar-refractivity contribution in [1.82, 2.24) is 10.3 Å². The third kappa shape index (κ3) is 6.33. The van der Waals surface area contributed by atoms with Crippen LogP contribution in [0, 0.1) is 0 Å². The Labute approximate surface area is 160 Å². The van der Waals surface area contributed by atoms with Gasteiger partial charge in [-0.15, -0.1) is 0 Å². The van der Waals surface area contributed by atoms with Crippen LogP contribution in [0.2, 0.25) is 0 Å².